The van der Waals surface area contributed by atoms with E-state index in [1.54, 1.807) is 30.6 Å². The number of aromatic nitrogens is 6. The van der Waals surface area contributed by atoms with Gasteiger partial charge in [0, 0.05) is 118 Å². The third-order valence-electron chi connectivity index (χ3n) is 16.0. The highest BCUT2D eigenvalue weighted by Crippen LogP contribution is 2.41. The molecule has 1 unspecified atom stereocenters. The van der Waals surface area contributed by atoms with Gasteiger partial charge in [-0.2, -0.15) is 0 Å². The van der Waals surface area contributed by atoms with Crippen LogP contribution in [0.25, 0.3) is 21.8 Å². The highest BCUT2D eigenvalue weighted by atomic mass is 32.1. The Labute approximate surface area is 456 Å². The average molecular weight is 1090 g/mol. The van der Waals surface area contributed by atoms with Crippen LogP contribution in [0.3, 0.4) is 0 Å². The Kier molecular flexibility index (Phi) is 15.5. The maximum Gasteiger partial charge on any atom is 0.254 e. The minimum absolute atomic E-state index is 0.0345. The van der Waals surface area contributed by atoms with E-state index < -0.39 is 35.8 Å². The Bertz CT molecular complexity index is 3080. The van der Waals surface area contributed by atoms with Gasteiger partial charge in [-0.1, -0.05) is 26.0 Å². The summed E-state index contributed by atoms with van der Waals surface area (Å²) >= 11 is 1.37. The van der Waals surface area contributed by atoms with Crippen molar-refractivity contribution in [3.8, 4) is 39.3 Å². The number of hydrogen-bond acceptors (Lipinski definition) is 19. The van der Waals surface area contributed by atoms with Gasteiger partial charge in [0.25, 0.3) is 5.88 Å². The van der Waals surface area contributed by atoms with Crippen molar-refractivity contribution in [3.05, 3.63) is 95.3 Å². The van der Waals surface area contributed by atoms with Crippen LogP contribution in [0.5, 0.6) is 17.5 Å². The zero-order valence-corrected chi connectivity index (χ0v) is 45.1. The number of aliphatic hydroxyl groups excluding tert-OH is 1. The Morgan fingerprint density at radius 3 is 2.42 bits per heavy atom. The lowest BCUT2D eigenvalue weighted by Crippen LogP contribution is -2.54. The van der Waals surface area contributed by atoms with Gasteiger partial charge in [-0.3, -0.25) is 19.5 Å². The molecule has 9 heterocycles. The smallest absolute Gasteiger partial charge is 0.254 e. The van der Waals surface area contributed by atoms with Crippen molar-refractivity contribution in [3.63, 3.8) is 0 Å². The van der Waals surface area contributed by atoms with Crippen molar-refractivity contribution < 1.29 is 42.9 Å². The van der Waals surface area contributed by atoms with E-state index in [-0.39, 0.29) is 72.4 Å². The number of thiazole rings is 1. The lowest BCUT2D eigenvalue weighted by atomic mass is 9.91. The largest absolute Gasteiger partial charge is 0.507 e. The zero-order valence-electron chi connectivity index (χ0n) is 44.3. The number of anilines is 3. The van der Waals surface area contributed by atoms with E-state index in [0.717, 1.165) is 86.6 Å². The summed E-state index contributed by atoms with van der Waals surface area (Å²) in [5, 5.41) is 36.7. The number of phenolic OH excluding ortho intramolecular Hbond substituents is 1. The fourth-order valence-electron chi connectivity index (χ4n) is 11.9. The van der Waals surface area contributed by atoms with Gasteiger partial charge in [0.1, 0.15) is 36.2 Å². The number of aliphatic hydroxyl groups is 1. The number of piperazine rings is 1. The van der Waals surface area contributed by atoms with E-state index in [2.05, 4.69) is 62.5 Å². The number of aromatic hydroxyl groups is 1. The molecule has 1 aliphatic carbocycles. The molecular formula is C56H67FN12O8S. The second-order valence-corrected chi connectivity index (χ2v) is 22.6. The molecule has 22 heteroatoms. The Balaban J connectivity index is 0.604. The van der Waals surface area contributed by atoms with Crippen LogP contribution < -0.4 is 30.3 Å². The molecule has 2 bridgehead atoms. The van der Waals surface area contributed by atoms with Crippen LogP contribution >= 0.6 is 11.3 Å². The summed E-state index contributed by atoms with van der Waals surface area (Å²) < 4.78 is 40.0. The molecule has 0 spiro atoms. The predicted molar refractivity (Wildman–Crippen MR) is 290 cm³/mol. The molecule has 11 rings (SSSR count). The van der Waals surface area contributed by atoms with E-state index in [1.165, 1.54) is 28.5 Å². The zero-order chi connectivity index (χ0) is 54.2. The van der Waals surface area contributed by atoms with E-state index >= 15 is 4.39 Å². The Morgan fingerprint density at radius 1 is 0.910 bits per heavy atom. The number of likely N-dealkylation sites (tertiary alicyclic amines) is 2. The molecule has 5 aliphatic rings. The fourth-order valence-corrected chi connectivity index (χ4v) is 12.6. The molecular weight excluding hydrogens is 1020 g/mol. The number of nitrogens with two attached hydrogens (primary N) is 1. The normalized spacial score (nSPS) is 23.3. The van der Waals surface area contributed by atoms with Gasteiger partial charge < -0.3 is 54.7 Å². The molecule has 1 saturated carbocycles. The lowest BCUT2D eigenvalue weighted by molar-refractivity contribution is -0.141. The van der Waals surface area contributed by atoms with Crippen molar-refractivity contribution in [1.82, 2.24) is 45.4 Å². The number of ether oxygens (including phenoxy) is 3. The maximum absolute atomic E-state index is 15.4. The lowest BCUT2D eigenvalue weighted by Gasteiger charge is -2.43. The van der Waals surface area contributed by atoms with Crippen LogP contribution in [0, 0.1) is 18.7 Å². The van der Waals surface area contributed by atoms with Crippen LogP contribution in [-0.4, -0.2) is 151 Å². The van der Waals surface area contributed by atoms with Crippen molar-refractivity contribution in [2.24, 2.45) is 5.92 Å². The molecule has 6 atom stereocenters. The molecule has 5 fully saturated rings. The minimum Gasteiger partial charge on any atom is -0.507 e. The molecule has 412 valence electrons. The minimum atomic E-state index is -0.977. The summed E-state index contributed by atoms with van der Waals surface area (Å²) in [7, 11) is 0. The number of halogens is 1. The average Bonchev–Trinajstić information content (AvgIpc) is 4.23. The molecule has 20 nitrogen and oxygen atoms in total. The monoisotopic (exact) mass is 1090 g/mol. The number of benzene rings is 1. The summed E-state index contributed by atoms with van der Waals surface area (Å²) in [6.45, 7) is 11.6. The highest BCUT2D eigenvalue weighted by molar-refractivity contribution is 7.13. The first kappa shape index (κ1) is 53.0. The number of carbonyl (C=O) groups excluding carboxylic acids is 2. The van der Waals surface area contributed by atoms with Crippen LogP contribution in [0.1, 0.15) is 94.7 Å². The number of phenols is 1. The first-order valence-electron chi connectivity index (χ1n) is 27.1. The van der Waals surface area contributed by atoms with Gasteiger partial charge in [0.05, 0.1) is 57.5 Å². The van der Waals surface area contributed by atoms with Crippen LogP contribution in [0.4, 0.5) is 21.6 Å². The molecule has 0 radical (unpaired) electrons. The Morgan fingerprint density at radius 2 is 1.69 bits per heavy atom. The number of amides is 2. The number of carbonyl (C=O) groups is 2. The third-order valence-corrected chi connectivity index (χ3v) is 17.0. The molecule has 4 saturated heterocycles. The second-order valence-electron chi connectivity index (χ2n) is 21.7. The van der Waals surface area contributed by atoms with Gasteiger partial charge >= 0.3 is 0 Å². The summed E-state index contributed by atoms with van der Waals surface area (Å²) in [6, 6.07) is 15.0. The van der Waals surface area contributed by atoms with Gasteiger partial charge in [0.2, 0.25) is 17.7 Å². The van der Waals surface area contributed by atoms with Gasteiger partial charge in [-0.25, -0.2) is 14.4 Å². The molecule has 4 aliphatic heterocycles. The van der Waals surface area contributed by atoms with E-state index in [1.807, 2.05) is 45.2 Å². The number of nitrogen functional groups attached to an aromatic ring is 1. The van der Waals surface area contributed by atoms with E-state index in [0.29, 0.717) is 47.6 Å². The number of β-amino-alcohol motifs (C(OH)–C–C–N with tert-alkyl or cyclic N) is 1. The Hall–Kier alpha value is -7.01. The number of hydrogen-bond donors (Lipinski definition) is 4. The topological polar surface area (TPSA) is 244 Å². The summed E-state index contributed by atoms with van der Waals surface area (Å²) in [5.41, 5.74) is 12.6. The molecule has 5 aromatic heterocycles. The van der Waals surface area contributed by atoms with Crippen molar-refractivity contribution >= 4 is 40.3 Å². The van der Waals surface area contributed by atoms with Crippen LogP contribution in [0.2, 0.25) is 0 Å². The number of aryl methyl sites for hydroxylation is 1. The number of para-hydroxylation sites is 1. The number of fused-ring (bicyclic) bond motifs is 2. The van der Waals surface area contributed by atoms with Gasteiger partial charge in [-0.15, -0.1) is 21.5 Å². The third kappa shape index (κ3) is 11.3. The highest BCUT2D eigenvalue weighted by Gasteiger charge is 2.45. The summed E-state index contributed by atoms with van der Waals surface area (Å²) in [5.74, 6) is -0.712. The molecule has 6 aromatic rings. The van der Waals surface area contributed by atoms with Crippen molar-refractivity contribution in [2.45, 2.75) is 127 Å². The standard InChI is InChI=1S/C56H67FN12O8S/c1-31(2)52(56(73)68-29-37(70)20-47(68)55(72)62-32(3)42-26-60-45(23-43(42)57)53-33(4)61-30-78-53)49-25-51(65-77-49)74-18-17-66-15-12-38(13-16-66)75-39-21-40(22-39)76-50-19-34(11-14-59-50)69-35-9-10-36(69)28-67(27-35)46-24-44(63-64-54(46)58)41-7-5-6-8-48(41)71/h5-8,11,14,19,23-26,30-32,35-40,47,52,70-71H,9-10,12-13,15-18,20-22,27-29H2,1-4H3,(H2,58,64)(H,62,72)/t32-,35+,36?,37+,39?,40?,47-,52-/m0/s1. The first-order valence-corrected chi connectivity index (χ1v) is 28.0. The molecule has 5 N–H and O–H groups in total. The number of rotatable bonds is 18. The quantitative estimate of drug-likeness (QED) is 0.0701. The fraction of sp³-hybridized carbons (Fsp3) is 0.500. The predicted octanol–water partition coefficient (Wildman–Crippen LogP) is 6.69. The summed E-state index contributed by atoms with van der Waals surface area (Å²) in [6.07, 6.45) is 8.30. The van der Waals surface area contributed by atoms with E-state index in [9.17, 15) is 19.8 Å². The molecule has 2 amide bonds. The SMILES string of the molecule is Cc1ncsc1-c1cc(F)c([C@H](C)NC(=O)[C@@H]2C[C@@H](O)CN2C(=O)[C@H](c2cc(OCCN3CCC(OC4CC(Oc5cc(N6C7CC[C@@H]6CN(c6cc(-c8ccccc8O)nnc6N)C7)ccn5)C4)CC3)no2)C(C)C)cn1. The summed E-state index contributed by atoms with van der Waals surface area (Å²) in [4.78, 5) is 50.5. The van der Waals surface area contributed by atoms with E-state index in [4.69, 9.17) is 24.5 Å². The van der Waals surface area contributed by atoms with Crippen LogP contribution in [0.15, 0.2) is 77.0 Å². The first-order chi connectivity index (χ1) is 37.7. The molecule has 78 heavy (non-hydrogen) atoms. The number of piperidine rings is 1. The number of nitrogens with zero attached hydrogens (tertiary/aromatic N) is 10. The van der Waals surface area contributed by atoms with Crippen molar-refractivity contribution in [1.29, 1.82) is 0 Å². The maximum atomic E-state index is 15.4. The van der Waals surface area contributed by atoms with Crippen molar-refractivity contribution in [2.75, 3.05) is 61.4 Å². The van der Waals surface area contributed by atoms with Gasteiger partial charge in [-0.05, 0) is 74.9 Å². The number of nitrogens with one attached hydrogen (secondary N) is 1. The van der Waals surface area contributed by atoms with Crippen LogP contribution in [-0.2, 0) is 14.3 Å². The number of pyridine rings is 2. The van der Waals surface area contributed by atoms with Gasteiger partial charge in [0.15, 0.2) is 11.6 Å². The molecule has 1 aromatic carbocycles. The second kappa shape index (κ2) is 22.8.